The van der Waals surface area contributed by atoms with Crippen molar-refractivity contribution in [1.82, 2.24) is 20.3 Å². The van der Waals surface area contributed by atoms with E-state index in [0.29, 0.717) is 12.3 Å². The van der Waals surface area contributed by atoms with E-state index >= 15 is 0 Å². The van der Waals surface area contributed by atoms with Gasteiger partial charge in [0.2, 0.25) is 0 Å². The van der Waals surface area contributed by atoms with Crippen LogP contribution in [0.2, 0.25) is 0 Å². The van der Waals surface area contributed by atoms with Gasteiger partial charge in [-0.15, -0.1) is 10.2 Å². The Labute approximate surface area is 166 Å². The number of anilines is 1. The Balaban J connectivity index is 1.32. The third kappa shape index (κ3) is 2.98. The molecule has 1 atom stereocenters. The van der Waals surface area contributed by atoms with Gasteiger partial charge in [0, 0.05) is 18.7 Å². The molecule has 2 aromatic heterocycles. The molecule has 1 unspecified atom stereocenters. The molecule has 1 saturated heterocycles. The Hall–Kier alpha value is -3.49. The lowest BCUT2D eigenvalue weighted by molar-refractivity contribution is 0.0508. The number of hydrogen-bond donors (Lipinski definition) is 0. The second-order valence-electron chi connectivity index (χ2n) is 7.16. The third-order valence-electron chi connectivity index (χ3n) is 5.39. The van der Waals surface area contributed by atoms with Gasteiger partial charge in [0.25, 0.3) is 11.7 Å². The minimum Gasteiger partial charge on any atom is -0.492 e. The molecular formula is C20H19N5O4. The maximum absolute atomic E-state index is 11.7. The molecule has 0 bridgehead atoms. The molecule has 3 aromatic rings. The molecule has 1 fully saturated rings. The van der Waals surface area contributed by atoms with Crippen molar-refractivity contribution < 1.29 is 18.8 Å². The Morgan fingerprint density at radius 1 is 1.24 bits per heavy atom. The number of benzene rings is 1. The number of nitrogens with zero attached hydrogens (tertiary/aromatic N) is 5. The predicted octanol–water partition coefficient (Wildman–Crippen LogP) is 2.24. The van der Waals surface area contributed by atoms with E-state index < -0.39 is 5.97 Å². The Morgan fingerprint density at radius 3 is 2.97 bits per heavy atom. The molecule has 2 aliphatic heterocycles. The van der Waals surface area contributed by atoms with Crippen molar-refractivity contribution in [2.75, 3.05) is 31.2 Å². The molecule has 0 saturated carbocycles. The topological polar surface area (TPSA) is 103 Å². The molecule has 2 aliphatic rings. The summed E-state index contributed by atoms with van der Waals surface area (Å²) in [4.78, 5) is 17.9. The van der Waals surface area contributed by atoms with E-state index in [4.69, 9.17) is 14.0 Å². The Bertz CT molecular complexity index is 1050. The first-order valence-electron chi connectivity index (χ1n) is 9.51. The summed E-state index contributed by atoms with van der Waals surface area (Å²) in [5.74, 6) is 1.12. The number of carbonyl (C=O) groups is 1. The maximum atomic E-state index is 11.7. The fourth-order valence-electron chi connectivity index (χ4n) is 3.94. The van der Waals surface area contributed by atoms with E-state index in [2.05, 4.69) is 37.4 Å². The van der Waals surface area contributed by atoms with Crippen molar-refractivity contribution in [2.24, 2.45) is 0 Å². The third-order valence-corrected chi connectivity index (χ3v) is 5.39. The van der Waals surface area contributed by atoms with Gasteiger partial charge in [0.15, 0.2) is 11.5 Å². The van der Waals surface area contributed by atoms with Crippen LogP contribution in [0, 0.1) is 0 Å². The van der Waals surface area contributed by atoms with E-state index in [1.54, 1.807) is 13.0 Å². The normalized spacial score (nSPS) is 20.0. The summed E-state index contributed by atoms with van der Waals surface area (Å²) < 4.78 is 15.9. The van der Waals surface area contributed by atoms with E-state index in [1.165, 1.54) is 5.56 Å². The monoisotopic (exact) mass is 393 g/mol. The van der Waals surface area contributed by atoms with Gasteiger partial charge in [-0.3, -0.25) is 0 Å². The van der Waals surface area contributed by atoms with Gasteiger partial charge in [0.1, 0.15) is 5.75 Å². The van der Waals surface area contributed by atoms with Gasteiger partial charge in [0.05, 0.1) is 18.6 Å². The van der Waals surface area contributed by atoms with E-state index in [1.807, 2.05) is 18.2 Å². The lowest BCUT2D eigenvalue weighted by Gasteiger charge is -2.23. The SMILES string of the molecule is CCOC(=O)c1noc(-c2ccc(N3CCC4(COc5ccccc54)C3)nn2)n1. The van der Waals surface area contributed by atoms with Gasteiger partial charge >= 0.3 is 5.97 Å². The summed E-state index contributed by atoms with van der Waals surface area (Å²) in [6.45, 7) is 4.34. The zero-order valence-corrected chi connectivity index (χ0v) is 15.9. The van der Waals surface area contributed by atoms with Crippen LogP contribution in [-0.4, -0.2) is 52.6 Å². The van der Waals surface area contributed by atoms with Crippen LogP contribution < -0.4 is 9.64 Å². The minimum atomic E-state index is -0.631. The molecule has 9 heteroatoms. The second kappa shape index (κ2) is 6.84. The van der Waals surface area contributed by atoms with Crippen LogP contribution in [0.1, 0.15) is 29.5 Å². The van der Waals surface area contributed by atoms with Crippen LogP contribution >= 0.6 is 0 Å². The summed E-state index contributed by atoms with van der Waals surface area (Å²) in [5, 5.41) is 12.2. The summed E-state index contributed by atoms with van der Waals surface area (Å²) >= 11 is 0. The van der Waals surface area contributed by atoms with Gasteiger partial charge in [-0.05, 0) is 36.7 Å². The number of carbonyl (C=O) groups excluding carboxylic acids is 1. The lowest BCUT2D eigenvalue weighted by Crippen LogP contribution is -2.32. The molecule has 0 radical (unpaired) electrons. The van der Waals surface area contributed by atoms with Gasteiger partial charge in [-0.1, -0.05) is 18.2 Å². The number of fused-ring (bicyclic) bond motifs is 2. The van der Waals surface area contributed by atoms with Crippen molar-refractivity contribution in [1.29, 1.82) is 0 Å². The van der Waals surface area contributed by atoms with E-state index in [0.717, 1.165) is 31.1 Å². The molecule has 9 nitrogen and oxygen atoms in total. The maximum Gasteiger partial charge on any atom is 0.379 e. The van der Waals surface area contributed by atoms with Crippen LogP contribution in [0.5, 0.6) is 5.75 Å². The zero-order chi connectivity index (χ0) is 19.8. The van der Waals surface area contributed by atoms with Crippen molar-refractivity contribution in [3.05, 3.63) is 47.8 Å². The molecule has 5 rings (SSSR count). The van der Waals surface area contributed by atoms with Gasteiger partial charge in [-0.25, -0.2) is 4.79 Å². The highest BCUT2D eigenvalue weighted by Crippen LogP contribution is 2.45. The highest BCUT2D eigenvalue weighted by molar-refractivity contribution is 5.85. The van der Waals surface area contributed by atoms with Gasteiger partial charge < -0.3 is 18.9 Å². The van der Waals surface area contributed by atoms with Crippen molar-refractivity contribution in [2.45, 2.75) is 18.8 Å². The average molecular weight is 393 g/mol. The lowest BCUT2D eigenvalue weighted by atomic mass is 9.82. The van der Waals surface area contributed by atoms with Crippen molar-refractivity contribution >= 4 is 11.8 Å². The van der Waals surface area contributed by atoms with E-state index in [-0.39, 0.29) is 23.7 Å². The van der Waals surface area contributed by atoms with Gasteiger partial charge in [-0.2, -0.15) is 4.98 Å². The number of hydrogen-bond acceptors (Lipinski definition) is 9. The molecule has 1 spiro atoms. The van der Waals surface area contributed by atoms with Crippen LogP contribution in [0.3, 0.4) is 0 Å². The molecule has 4 heterocycles. The average Bonchev–Trinajstić information content (AvgIpc) is 3.49. The molecule has 0 amide bonds. The van der Waals surface area contributed by atoms with Crippen LogP contribution in [0.25, 0.3) is 11.6 Å². The summed E-state index contributed by atoms with van der Waals surface area (Å²) in [7, 11) is 0. The quantitative estimate of drug-likeness (QED) is 0.617. The number of para-hydroxylation sites is 1. The molecule has 1 aromatic carbocycles. The van der Waals surface area contributed by atoms with Crippen LogP contribution in [-0.2, 0) is 10.2 Å². The minimum absolute atomic E-state index is 0.00201. The molecule has 148 valence electrons. The molecule has 0 N–H and O–H groups in total. The van der Waals surface area contributed by atoms with Crippen molar-refractivity contribution in [3.63, 3.8) is 0 Å². The standard InChI is InChI=1S/C20H19N5O4/c1-2-27-19(26)17-21-18(29-24-17)14-7-8-16(23-22-14)25-10-9-20(11-25)12-28-15-6-4-3-5-13(15)20/h3-8H,2,9-12H2,1H3. The van der Waals surface area contributed by atoms with E-state index in [9.17, 15) is 4.79 Å². The Kier molecular flexibility index (Phi) is 4.15. The first-order valence-corrected chi connectivity index (χ1v) is 9.51. The first kappa shape index (κ1) is 17.6. The Morgan fingerprint density at radius 2 is 2.14 bits per heavy atom. The molecule has 0 aliphatic carbocycles. The predicted molar refractivity (Wildman–Crippen MR) is 102 cm³/mol. The second-order valence-corrected chi connectivity index (χ2v) is 7.16. The van der Waals surface area contributed by atoms with Crippen LogP contribution in [0.15, 0.2) is 40.9 Å². The van der Waals surface area contributed by atoms with Crippen LogP contribution in [0.4, 0.5) is 5.82 Å². The highest BCUT2D eigenvalue weighted by atomic mass is 16.5. The number of ether oxygens (including phenoxy) is 2. The largest absolute Gasteiger partial charge is 0.492 e. The number of aromatic nitrogens is 4. The van der Waals surface area contributed by atoms with Crippen molar-refractivity contribution in [3.8, 4) is 17.3 Å². The fourth-order valence-corrected chi connectivity index (χ4v) is 3.94. The molecule has 29 heavy (non-hydrogen) atoms. The summed E-state index contributed by atoms with van der Waals surface area (Å²) in [6, 6.07) is 11.9. The number of esters is 1. The summed E-state index contributed by atoms with van der Waals surface area (Å²) in [6.07, 6.45) is 1.00. The smallest absolute Gasteiger partial charge is 0.379 e. The first-order chi connectivity index (χ1) is 14.2. The number of rotatable bonds is 4. The summed E-state index contributed by atoms with van der Waals surface area (Å²) in [5.41, 5.74) is 1.67. The fraction of sp³-hybridized carbons (Fsp3) is 0.350. The molecular weight excluding hydrogens is 374 g/mol. The zero-order valence-electron chi connectivity index (χ0n) is 15.9. The highest BCUT2D eigenvalue weighted by Gasteiger charge is 2.46.